The number of nitrogens with one attached hydrogen (secondary N) is 2. The first-order valence-electron chi connectivity index (χ1n) is 5.73. The SMILES string of the molecule is CCC1(NC(=O)CNCCOC)CCC1.Cl. The number of ether oxygens (including phenoxy) is 1. The van der Waals surface area contributed by atoms with Crippen molar-refractivity contribution < 1.29 is 9.53 Å². The molecule has 1 saturated carbocycles. The lowest BCUT2D eigenvalue weighted by Gasteiger charge is -2.42. The van der Waals surface area contributed by atoms with Gasteiger partial charge in [-0.15, -0.1) is 12.4 Å². The number of methoxy groups -OCH3 is 1. The van der Waals surface area contributed by atoms with E-state index in [0.717, 1.165) is 25.8 Å². The highest BCUT2D eigenvalue weighted by molar-refractivity contribution is 5.85. The second kappa shape index (κ2) is 7.87. The molecule has 0 saturated heterocycles. The first-order valence-corrected chi connectivity index (χ1v) is 5.73. The fourth-order valence-corrected chi connectivity index (χ4v) is 1.89. The van der Waals surface area contributed by atoms with Crippen molar-refractivity contribution >= 4 is 18.3 Å². The molecule has 16 heavy (non-hydrogen) atoms. The molecule has 2 N–H and O–H groups in total. The zero-order chi connectivity index (χ0) is 11.1. The Morgan fingerprint density at radius 2 is 2.12 bits per heavy atom. The van der Waals surface area contributed by atoms with Crippen LogP contribution in [0.2, 0.25) is 0 Å². The van der Waals surface area contributed by atoms with Gasteiger partial charge in [0.25, 0.3) is 0 Å². The number of carbonyl (C=O) groups excluding carboxylic acids is 1. The third-order valence-corrected chi connectivity index (χ3v) is 3.16. The average Bonchev–Trinajstić information content (AvgIpc) is 2.18. The van der Waals surface area contributed by atoms with Crippen molar-refractivity contribution in [3.63, 3.8) is 0 Å². The predicted molar refractivity (Wildman–Crippen MR) is 67.0 cm³/mol. The molecular formula is C11H23ClN2O2. The lowest BCUT2D eigenvalue weighted by Crippen LogP contribution is -2.55. The minimum Gasteiger partial charge on any atom is -0.383 e. The van der Waals surface area contributed by atoms with Crippen LogP contribution in [0.15, 0.2) is 0 Å². The summed E-state index contributed by atoms with van der Waals surface area (Å²) in [5.41, 5.74) is 0.111. The summed E-state index contributed by atoms with van der Waals surface area (Å²) in [5.74, 6) is 0.104. The Kier molecular flexibility index (Phi) is 7.72. The predicted octanol–water partition coefficient (Wildman–Crippen LogP) is 1.09. The van der Waals surface area contributed by atoms with E-state index in [1.54, 1.807) is 7.11 Å². The van der Waals surface area contributed by atoms with Gasteiger partial charge in [0.2, 0.25) is 5.91 Å². The number of hydrogen-bond acceptors (Lipinski definition) is 3. The van der Waals surface area contributed by atoms with Crippen LogP contribution < -0.4 is 10.6 Å². The van der Waals surface area contributed by atoms with Crippen molar-refractivity contribution in [2.75, 3.05) is 26.8 Å². The van der Waals surface area contributed by atoms with Crippen LogP contribution in [0, 0.1) is 0 Å². The van der Waals surface area contributed by atoms with E-state index in [9.17, 15) is 4.79 Å². The van der Waals surface area contributed by atoms with E-state index in [1.807, 2.05) is 0 Å². The Labute approximate surface area is 104 Å². The van der Waals surface area contributed by atoms with E-state index >= 15 is 0 Å². The topological polar surface area (TPSA) is 50.4 Å². The summed E-state index contributed by atoms with van der Waals surface area (Å²) < 4.78 is 4.88. The van der Waals surface area contributed by atoms with Crippen LogP contribution in [0.1, 0.15) is 32.6 Å². The molecule has 0 spiro atoms. The van der Waals surface area contributed by atoms with Crippen LogP contribution in [0.5, 0.6) is 0 Å². The fourth-order valence-electron chi connectivity index (χ4n) is 1.89. The second-order valence-corrected chi connectivity index (χ2v) is 4.21. The van der Waals surface area contributed by atoms with Crippen molar-refractivity contribution in [3.05, 3.63) is 0 Å². The number of rotatable bonds is 7. The van der Waals surface area contributed by atoms with Crippen molar-refractivity contribution in [1.29, 1.82) is 0 Å². The van der Waals surface area contributed by atoms with E-state index < -0.39 is 0 Å². The van der Waals surface area contributed by atoms with Gasteiger partial charge >= 0.3 is 0 Å². The summed E-state index contributed by atoms with van der Waals surface area (Å²) in [6.45, 7) is 3.90. The molecule has 0 heterocycles. The number of amides is 1. The molecule has 0 radical (unpaired) electrons. The highest BCUT2D eigenvalue weighted by Gasteiger charge is 2.35. The van der Waals surface area contributed by atoms with Crippen LogP contribution in [0.3, 0.4) is 0 Å². The highest BCUT2D eigenvalue weighted by atomic mass is 35.5. The van der Waals surface area contributed by atoms with Crippen molar-refractivity contribution in [2.24, 2.45) is 0 Å². The summed E-state index contributed by atoms with van der Waals surface area (Å²) in [4.78, 5) is 11.6. The van der Waals surface area contributed by atoms with Crippen molar-refractivity contribution in [1.82, 2.24) is 10.6 Å². The van der Waals surface area contributed by atoms with E-state index in [-0.39, 0.29) is 23.9 Å². The molecule has 96 valence electrons. The van der Waals surface area contributed by atoms with Gasteiger partial charge in [-0.2, -0.15) is 0 Å². The molecule has 1 aliphatic rings. The standard InChI is InChI=1S/C11H22N2O2.ClH/c1-3-11(5-4-6-11)13-10(14)9-12-7-8-15-2;/h12H,3-9H2,1-2H3,(H,13,14);1H. The van der Waals surface area contributed by atoms with Gasteiger partial charge in [0.05, 0.1) is 13.2 Å². The van der Waals surface area contributed by atoms with E-state index in [4.69, 9.17) is 4.74 Å². The quantitative estimate of drug-likeness (QED) is 0.666. The molecule has 0 aromatic carbocycles. The molecule has 0 aromatic rings. The van der Waals surface area contributed by atoms with Gasteiger partial charge in [-0.25, -0.2) is 0 Å². The van der Waals surface area contributed by atoms with E-state index in [2.05, 4.69) is 17.6 Å². The van der Waals surface area contributed by atoms with Crippen LogP contribution in [-0.2, 0) is 9.53 Å². The molecule has 0 bridgehead atoms. The summed E-state index contributed by atoms with van der Waals surface area (Å²) in [5, 5.41) is 6.16. The first-order chi connectivity index (χ1) is 7.22. The van der Waals surface area contributed by atoms with Gasteiger partial charge in [0.15, 0.2) is 0 Å². The molecule has 1 rings (SSSR count). The third-order valence-electron chi connectivity index (χ3n) is 3.16. The molecule has 0 atom stereocenters. The molecule has 0 aromatic heterocycles. The normalized spacial score (nSPS) is 17.1. The Morgan fingerprint density at radius 1 is 1.44 bits per heavy atom. The Balaban J connectivity index is 0.00000225. The van der Waals surface area contributed by atoms with Gasteiger partial charge in [-0.3, -0.25) is 4.79 Å². The lowest BCUT2D eigenvalue weighted by molar-refractivity contribution is -0.123. The summed E-state index contributed by atoms with van der Waals surface area (Å²) in [6, 6.07) is 0. The maximum absolute atomic E-state index is 11.6. The zero-order valence-corrected chi connectivity index (χ0v) is 11.0. The van der Waals surface area contributed by atoms with Gasteiger partial charge in [0, 0.05) is 19.2 Å². The smallest absolute Gasteiger partial charge is 0.234 e. The van der Waals surface area contributed by atoms with E-state index in [0.29, 0.717) is 13.2 Å². The van der Waals surface area contributed by atoms with Crippen LogP contribution in [0.25, 0.3) is 0 Å². The van der Waals surface area contributed by atoms with Crippen molar-refractivity contribution in [3.8, 4) is 0 Å². The molecule has 0 aliphatic heterocycles. The van der Waals surface area contributed by atoms with Gasteiger partial charge in [0.1, 0.15) is 0 Å². The van der Waals surface area contributed by atoms with Gasteiger partial charge < -0.3 is 15.4 Å². The molecule has 0 unspecified atom stereocenters. The van der Waals surface area contributed by atoms with Crippen LogP contribution >= 0.6 is 12.4 Å². The molecule has 1 aliphatic carbocycles. The average molecular weight is 251 g/mol. The minimum absolute atomic E-state index is 0. The Morgan fingerprint density at radius 3 is 2.56 bits per heavy atom. The number of halogens is 1. The van der Waals surface area contributed by atoms with E-state index in [1.165, 1.54) is 6.42 Å². The summed E-state index contributed by atoms with van der Waals surface area (Å²) in [6.07, 6.45) is 4.54. The molecular weight excluding hydrogens is 228 g/mol. The summed E-state index contributed by atoms with van der Waals surface area (Å²) >= 11 is 0. The maximum atomic E-state index is 11.6. The van der Waals surface area contributed by atoms with Crippen LogP contribution in [-0.4, -0.2) is 38.3 Å². The Hall–Kier alpha value is -0.320. The Bertz CT molecular complexity index is 203. The first kappa shape index (κ1) is 15.7. The number of carbonyl (C=O) groups is 1. The second-order valence-electron chi connectivity index (χ2n) is 4.21. The van der Waals surface area contributed by atoms with Crippen molar-refractivity contribution in [2.45, 2.75) is 38.1 Å². The number of hydrogen-bond donors (Lipinski definition) is 2. The minimum atomic E-state index is 0. The molecule has 1 amide bonds. The largest absolute Gasteiger partial charge is 0.383 e. The van der Waals surface area contributed by atoms with Gasteiger partial charge in [-0.1, -0.05) is 6.92 Å². The third kappa shape index (κ3) is 4.68. The fraction of sp³-hybridized carbons (Fsp3) is 0.909. The highest BCUT2D eigenvalue weighted by Crippen LogP contribution is 2.34. The maximum Gasteiger partial charge on any atom is 0.234 e. The molecule has 1 fully saturated rings. The monoisotopic (exact) mass is 250 g/mol. The summed E-state index contributed by atoms with van der Waals surface area (Å²) in [7, 11) is 1.65. The lowest BCUT2D eigenvalue weighted by atomic mass is 9.75. The molecule has 4 nitrogen and oxygen atoms in total. The zero-order valence-electron chi connectivity index (χ0n) is 10.2. The molecule has 5 heteroatoms. The van der Waals surface area contributed by atoms with Gasteiger partial charge in [-0.05, 0) is 25.7 Å². The van der Waals surface area contributed by atoms with Crippen LogP contribution in [0.4, 0.5) is 0 Å².